The Balaban J connectivity index is 2.44. The molecule has 3 nitrogen and oxygen atoms in total. The number of thiocarbonyl (C=S) groups is 1. The average Bonchev–Trinajstić information content (AvgIpc) is 2.33. The molecule has 0 aromatic carbocycles. The van der Waals surface area contributed by atoms with Crippen LogP contribution in [0.3, 0.4) is 0 Å². The summed E-state index contributed by atoms with van der Waals surface area (Å²) in [5.74, 6) is 0. The van der Waals surface area contributed by atoms with Gasteiger partial charge in [-0.25, -0.2) is 4.98 Å². The van der Waals surface area contributed by atoms with Crippen LogP contribution in [0.5, 0.6) is 0 Å². The molecule has 1 aromatic heterocycles. The van der Waals surface area contributed by atoms with E-state index < -0.39 is 0 Å². The van der Waals surface area contributed by atoms with Gasteiger partial charge in [-0.15, -0.1) is 11.3 Å². The van der Waals surface area contributed by atoms with Gasteiger partial charge in [-0.2, -0.15) is 0 Å². The molecule has 0 atom stereocenters. The summed E-state index contributed by atoms with van der Waals surface area (Å²) in [5.41, 5.74) is 6.51. The van der Waals surface area contributed by atoms with Gasteiger partial charge in [0.15, 0.2) is 0 Å². The summed E-state index contributed by atoms with van der Waals surface area (Å²) in [7, 11) is 1.98. The van der Waals surface area contributed by atoms with Crippen molar-refractivity contribution in [2.24, 2.45) is 5.73 Å². The van der Waals surface area contributed by atoms with Gasteiger partial charge in [-0.3, -0.25) is 4.90 Å². The van der Waals surface area contributed by atoms with E-state index in [1.807, 2.05) is 14.0 Å². The van der Waals surface area contributed by atoms with Gasteiger partial charge in [0.25, 0.3) is 0 Å². The molecule has 0 amide bonds. The highest BCUT2D eigenvalue weighted by atomic mass is 32.1. The molecule has 0 unspecified atom stereocenters. The monoisotopic (exact) mass is 215 g/mol. The van der Waals surface area contributed by atoms with E-state index in [1.165, 1.54) is 0 Å². The second kappa shape index (κ2) is 4.64. The summed E-state index contributed by atoms with van der Waals surface area (Å²) >= 11 is 6.47. The average molecular weight is 215 g/mol. The van der Waals surface area contributed by atoms with Crippen molar-refractivity contribution in [3.8, 4) is 0 Å². The van der Waals surface area contributed by atoms with Crippen molar-refractivity contribution < 1.29 is 0 Å². The Morgan fingerprint density at radius 2 is 2.46 bits per heavy atom. The lowest BCUT2D eigenvalue weighted by molar-refractivity contribution is 0.370. The number of rotatable bonds is 4. The zero-order valence-corrected chi connectivity index (χ0v) is 9.41. The minimum Gasteiger partial charge on any atom is -0.392 e. The van der Waals surface area contributed by atoms with Crippen LogP contribution in [-0.4, -0.2) is 28.5 Å². The van der Waals surface area contributed by atoms with E-state index in [1.54, 1.807) is 11.3 Å². The number of nitrogens with zero attached hydrogens (tertiary/aromatic N) is 2. The Morgan fingerprint density at radius 1 is 1.77 bits per heavy atom. The van der Waals surface area contributed by atoms with Gasteiger partial charge in [0.2, 0.25) is 0 Å². The molecule has 2 N–H and O–H groups in total. The van der Waals surface area contributed by atoms with Gasteiger partial charge in [0.05, 0.1) is 15.7 Å². The Kier molecular flexibility index (Phi) is 3.77. The summed E-state index contributed by atoms with van der Waals surface area (Å²) < 4.78 is 0. The Hall–Kier alpha value is -0.520. The van der Waals surface area contributed by atoms with Gasteiger partial charge in [-0.1, -0.05) is 12.2 Å². The minimum absolute atomic E-state index is 0.523. The number of hydrogen-bond donors (Lipinski definition) is 1. The molecule has 0 aliphatic carbocycles. The first kappa shape index (κ1) is 10.6. The molecule has 0 aliphatic heterocycles. The number of nitrogens with two attached hydrogens (primary N) is 1. The van der Waals surface area contributed by atoms with E-state index in [0.717, 1.165) is 17.2 Å². The summed E-state index contributed by atoms with van der Waals surface area (Å²) in [4.78, 5) is 6.93. The van der Waals surface area contributed by atoms with Gasteiger partial charge >= 0.3 is 0 Å². The third kappa shape index (κ3) is 3.80. The van der Waals surface area contributed by atoms with Crippen LogP contribution < -0.4 is 5.73 Å². The van der Waals surface area contributed by atoms with Crippen molar-refractivity contribution in [2.75, 3.05) is 13.6 Å². The van der Waals surface area contributed by atoms with E-state index in [0.29, 0.717) is 11.5 Å². The standard InChI is InChI=1S/C8H13N3S2/c1-6-10-7(5-13-6)3-11(2)4-8(9)12/h5H,3-4H2,1-2H3,(H2,9,12). The number of aryl methyl sites for hydroxylation is 1. The SMILES string of the molecule is Cc1nc(CN(C)CC(N)=S)cs1. The molecule has 72 valence electrons. The minimum atomic E-state index is 0.523. The fourth-order valence-electron chi connectivity index (χ4n) is 1.08. The summed E-state index contributed by atoms with van der Waals surface area (Å²) in [6.07, 6.45) is 0. The Bertz CT molecular complexity index is 295. The van der Waals surface area contributed by atoms with E-state index in [-0.39, 0.29) is 0 Å². The highest BCUT2D eigenvalue weighted by Gasteiger charge is 2.03. The lowest BCUT2D eigenvalue weighted by Gasteiger charge is -2.13. The predicted molar refractivity (Wildman–Crippen MR) is 60.0 cm³/mol. The second-order valence-electron chi connectivity index (χ2n) is 3.00. The van der Waals surface area contributed by atoms with Crippen molar-refractivity contribution in [3.63, 3.8) is 0 Å². The predicted octanol–water partition coefficient (Wildman–Crippen LogP) is 1.17. The molecule has 0 aliphatic rings. The van der Waals surface area contributed by atoms with Crippen molar-refractivity contribution >= 4 is 28.5 Å². The van der Waals surface area contributed by atoms with Crippen LogP contribution in [0.15, 0.2) is 5.38 Å². The maximum atomic E-state index is 5.42. The van der Waals surface area contributed by atoms with Crippen molar-refractivity contribution in [1.29, 1.82) is 0 Å². The second-order valence-corrected chi connectivity index (χ2v) is 4.58. The third-order valence-corrected chi connectivity index (χ3v) is 2.48. The lowest BCUT2D eigenvalue weighted by atomic mass is 10.4. The van der Waals surface area contributed by atoms with E-state index in [4.69, 9.17) is 18.0 Å². The highest BCUT2D eigenvalue weighted by molar-refractivity contribution is 7.80. The van der Waals surface area contributed by atoms with E-state index in [9.17, 15) is 0 Å². The Morgan fingerprint density at radius 3 is 2.92 bits per heavy atom. The topological polar surface area (TPSA) is 42.2 Å². The van der Waals surface area contributed by atoms with E-state index >= 15 is 0 Å². The van der Waals surface area contributed by atoms with Crippen molar-refractivity contribution in [2.45, 2.75) is 13.5 Å². The number of thiazole rings is 1. The fraction of sp³-hybridized carbons (Fsp3) is 0.500. The summed E-state index contributed by atoms with van der Waals surface area (Å²) in [6.45, 7) is 3.45. The van der Waals surface area contributed by atoms with Crippen molar-refractivity contribution in [1.82, 2.24) is 9.88 Å². The molecular formula is C8H13N3S2. The first-order chi connectivity index (χ1) is 6.08. The summed E-state index contributed by atoms with van der Waals surface area (Å²) in [5, 5.41) is 3.16. The van der Waals surface area contributed by atoms with Gasteiger partial charge in [-0.05, 0) is 14.0 Å². The highest BCUT2D eigenvalue weighted by Crippen LogP contribution is 2.09. The largest absolute Gasteiger partial charge is 0.392 e. The maximum Gasteiger partial charge on any atom is 0.0897 e. The van der Waals surface area contributed by atoms with Crippen LogP contribution in [0, 0.1) is 6.92 Å². The number of aromatic nitrogens is 1. The molecular weight excluding hydrogens is 202 g/mol. The molecule has 1 heterocycles. The van der Waals surface area contributed by atoms with Crippen LogP contribution in [-0.2, 0) is 6.54 Å². The number of likely N-dealkylation sites (N-methyl/N-ethyl adjacent to an activating group) is 1. The van der Waals surface area contributed by atoms with Crippen molar-refractivity contribution in [3.05, 3.63) is 16.1 Å². The zero-order valence-electron chi connectivity index (χ0n) is 7.78. The number of hydrogen-bond acceptors (Lipinski definition) is 4. The molecule has 0 spiro atoms. The fourth-order valence-corrected chi connectivity index (χ4v) is 1.90. The normalized spacial score (nSPS) is 10.7. The molecule has 1 rings (SSSR count). The Labute approximate surface area is 87.6 Å². The maximum absolute atomic E-state index is 5.42. The van der Waals surface area contributed by atoms with Crippen LogP contribution in [0.4, 0.5) is 0 Å². The van der Waals surface area contributed by atoms with Gasteiger partial charge in [0, 0.05) is 18.5 Å². The first-order valence-corrected chi connectivity index (χ1v) is 5.24. The van der Waals surface area contributed by atoms with E-state index in [2.05, 4.69) is 15.3 Å². The molecule has 0 saturated heterocycles. The first-order valence-electron chi connectivity index (χ1n) is 3.96. The van der Waals surface area contributed by atoms with Crippen LogP contribution in [0.1, 0.15) is 10.7 Å². The van der Waals surface area contributed by atoms with Crippen LogP contribution >= 0.6 is 23.6 Å². The smallest absolute Gasteiger partial charge is 0.0897 e. The molecule has 13 heavy (non-hydrogen) atoms. The lowest BCUT2D eigenvalue weighted by Crippen LogP contribution is -2.29. The van der Waals surface area contributed by atoms with Gasteiger partial charge in [0.1, 0.15) is 0 Å². The molecule has 0 bridgehead atoms. The molecule has 0 radical (unpaired) electrons. The molecule has 1 aromatic rings. The summed E-state index contributed by atoms with van der Waals surface area (Å²) in [6, 6.07) is 0. The third-order valence-electron chi connectivity index (χ3n) is 1.52. The molecule has 0 saturated carbocycles. The van der Waals surface area contributed by atoms with Crippen LogP contribution in [0.25, 0.3) is 0 Å². The molecule has 5 heteroatoms. The zero-order chi connectivity index (χ0) is 9.84. The van der Waals surface area contributed by atoms with Gasteiger partial charge < -0.3 is 5.73 Å². The quantitative estimate of drug-likeness (QED) is 0.766. The molecule has 0 fully saturated rings. The van der Waals surface area contributed by atoms with Crippen LogP contribution in [0.2, 0.25) is 0 Å².